The van der Waals surface area contributed by atoms with E-state index >= 15 is 0 Å². The van der Waals surface area contributed by atoms with Crippen LogP contribution < -0.4 is 10.6 Å². The minimum absolute atomic E-state index is 0.102. The fourth-order valence-electron chi connectivity index (χ4n) is 2.93. The molecule has 0 saturated carbocycles. The normalized spacial score (nSPS) is 15.5. The van der Waals surface area contributed by atoms with Gasteiger partial charge in [0.05, 0.1) is 25.3 Å². The van der Waals surface area contributed by atoms with Crippen LogP contribution in [-0.4, -0.2) is 56.2 Å². The van der Waals surface area contributed by atoms with Gasteiger partial charge in [-0.2, -0.15) is 13.2 Å². The maximum atomic E-state index is 12.8. The molecule has 0 bridgehead atoms. The largest absolute Gasteiger partial charge is 0.416 e. The molecule has 0 spiro atoms. The van der Waals surface area contributed by atoms with Crippen molar-refractivity contribution in [2.24, 2.45) is 4.99 Å². The Labute approximate surface area is 186 Å². The van der Waals surface area contributed by atoms with Gasteiger partial charge in [-0.1, -0.05) is 22.0 Å². The maximum Gasteiger partial charge on any atom is 0.416 e. The van der Waals surface area contributed by atoms with Gasteiger partial charge < -0.3 is 10.1 Å². The van der Waals surface area contributed by atoms with Crippen LogP contribution in [0.5, 0.6) is 0 Å². The molecule has 166 valence electrons. The van der Waals surface area contributed by atoms with Gasteiger partial charge in [0.2, 0.25) is 5.96 Å². The van der Waals surface area contributed by atoms with Gasteiger partial charge in [-0.15, -0.1) is 0 Å². The third-order valence-electron chi connectivity index (χ3n) is 4.58. The van der Waals surface area contributed by atoms with Crippen molar-refractivity contribution in [3.8, 4) is 0 Å². The van der Waals surface area contributed by atoms with Gasteiger partial charge in [-0.05, 0) is 42.5 Å². The number of alkyl halides is 3. The first-order valence-corrected chi connectivity index (χ1v) is 10.5. The third-order valence-corrected chi connectivity index (χ3v) is 5.08. The van der Waals surface area contributed by atoms with E-state index in [1.54, 1.807) is 0 Å². The number of guanidine groups is 1. The molecule has 0 atom stereocenters. The summed E-state index contributed by atoms with van der Waals surface area (Å²) in [6.45, 7) is 4.13. The number of carbonyl (C=O) groups is 1. The first kappa shape index (κ1) is 23.2. The molecule has 2 N–H and O–H groups in total. The summed E-state index contributed by atoms with van der Waals surface area (Å²) in [5.74, 6) is -0.336. The van der Waals surface area contributed by atoms with Gasteiger partial charge in [0.25, 0.3) is 5.91 Å². The number of nitrogens with zero attached hydrogens (tertiary/aromatic N) is 2. The second-order valence-corrected chi connectivity index (χ2v) is 7.76. The molecule has 1 aliphatic heterocycles. The van der Waals surface area contributed by atoms with E-state index in [-0.39, 0.29) is 11.5 Å². The molecular formula is C21H22BrF3N4O2. The Morgan fingerprint density at radius 3 is 2.48 bits per heavy atom. The zero-order chi connectivity index (χ0) is 22.3. The number of benzene rings is 2. The lowest BCUT2D eigenvalue weighted by molar-refractivity contribution is -0.137. The number of hydrogen-bond acceptors (Lipinski definition) is 4. The van der Waals surface area contributed by atoms with Crippen molar-refractivity contribution in [1.29, 1.82) is 0 Å². The molecule has 3 rings (SSSR count). The highest BCUT2D eigenvalue weighted by Crippen LogP contribution is 2.29. The van der Waals surface area contributed by atoms with E-state index in [1.807, 2.05) is 24.3 Å². The van der Waals surface area contributed by atoms with E-state index in [0.29, 0.717) is 32.0 Å². The van der Waals surface area contributed by atoms with Crippen LogP contribution in [-0.2, 0) is 10.9 Å². The second-order valence-electron chi connectivity index (χ2n) is 6.85. The van der Waals surface area contributed by atoms with E-state index in [9.17, 15) is 18.0 Å². The predicted molar refractivity (Wildman–Crippen MR) is 116 cm³/mol. The van der Waals surface area contributed by atoms with E-state index in [1.165, 1.54) is 0 Å². The number of ether oxygens (including phenoxy) is 1. The minimum atomic E-state index is -4.45. The smallest absolute Gasteiger partial charge is 0.379 e. The summed E-state index contributed by atoms with van der Waals surface area (Å²) in [7, 11) is 0. The number of hydrogen-bond donors (Lipinski definition) is 2. The maximum absolute atomic E-state index is 12.8. The van der Waals surface area contributed by atoms with Crippen molar-refractivity contribution >= 4 is 33.5 Å². The van der Waals surface area contributed by atoms with E-state index in [2.05, 4.69) is 36.5 Å². The molecule has 2 aromatic carbocycles. The number of anilines is 1. The molecule has 1 heterocycles. The van der Waals surface area contributed by atoms with Gasteiger partial charge in [0, 0.05) is 35.4 Å². The summed E-state index contributed by atoms with van der Waals surface area (Å²) in [5.41, 5.74) is -0.00662. The summed E-state index contributed by atoms with van der Waals surface area (Å²) >= 11 is 3.39. The average molecular weight is 499 g/mol. The van der Waals surface area contributed by atoms with Crippen LogP contribution >= 0.6 is 15.9 Å². The first-order valence-electron chi connectivity index (χ1n) is 9.67. The molecule has 1 saturated heterocycles. The highest BCUT2D eigenvalue weighted by molar-refractivity contribution is 9.10. The molecule has 1 aliphatic rings. The van der Waals surface area contributed by atoms with Crippen molar-refractivity contribution in [3.05, 3.63) is 64.1 Å². The van der Waals surface area contributed by atoms with Crippen LogP contribution in [0.15, 0.2) is 58.0 Å². The Morgan fingerprint density at radius 1 is 1.13 bits per heavy atom. The molecule has 0 radical (unpaired) electrons. The number of carbonyl (C=O) groups excluding carboxylic acids is 1. The average Bonchev–Trinajstić information content (AvgIpc) is 2.74. The molecule has 0 aromatic heterocycles. The SMILES string of the molecule is O=C(NC(=NCCN1CCOCC1)Nc1cccc(Br)c1)c1ccc(C(F)(F)F)cc1. The molecule has 1 amide bonds. The Morgan fingerprint density at radius 2 is 1.84 bits per heavy atom. The van der Waals surface area contributed by atoms with Gasteiger partial charge in [-0.25, -0.2) is 0 Å². The van der Waals surface area contributed by atoms with Gasteiger partial charge >= 0.3 is 6.18 Å². The van der Waals surface area contributed by atoms with Crippen LogP contribution in [0.3, 0.4) is 0 Å². The van der Waals surface area contributed by atoms with E-state index in [0.717, 1.165) is 41.8 Å². The molecule has 6 nitrogen and oxygen atoms in total. The van der Waals surface area contributed by atoms with Gasteiger partial charge in [0.1, 0.15) is 0 Å². The van der Waals surface area contributed by atoms with Crippen LogP contribution in [0.25, 0.3) is 0 Å². The van der Waals surface area contributed by atoms with Gasteiger partial charge in [0.15, 0.2) is 0 Å². The van der Waals surface area contributed by atoms with Gasteiger partial charge in [-0.3, -0.25) is 20.0 Å². The molecule has 2 aromatic rings. The molecular weight excluding hydrogens is 477 g/mol. The Hall–Kier alpha value is -2.43. The molecule has 0 aliphatic carbocycles. The Balaban J connectivity index is 1.69. The van der Waals surface area contributed by atoms with E-state index in [4.69, 9.17) is 4.74 Å². The standard InChI is InChI=1S/C21H22BrF3N4O2/c22-17-2-1-3-18(14-17)27-20(26-8-9-29-10-12-31-13-11-29)28-19(30)15-4-6-16(7-5-15)21(23,24)25/h1-7,14H,8-13H2,(H2,26,27,28,30). The van der Waals surface area contributed by atoms with E-state index < -0.39 is 17.6 Å². The Bertz CT molecular complexity index is 914. The summed E-state index contributed by atoms with van der Waals surface area (Å²) in [6, 6.07) is 11.4. The topological polar surface area (TPSA) is 66.0 Å². The van der Waals surface area contributed by atoms with Crippen LogP contribution in [0.4, 0.5) is 18.9 Å². The molecule has 10 heteroatoms. The second kappa shape index (κ2) is 10.7. The third kappa shape index (κ3) is 7.34. The molecule has 0 unspecified atom stereocenters. The summed E-state index contributed by atoms with van der Waals surface area (Å²) in [6.07, 6.45) is -4.45. The number of amides is 1. The monoisotopic (exact) mass is 498 g/mol. The zero-order valence-electron chi connectivity index (χ0n) is 16.6. The van der Waals surface area contributed by atoms with Crippen LogP contribution in [0.1, 0.15) is 15.9 Å². The lowest BCUT2D eigenvalue weighted by atomic mass is 10.1. The number of halogens is 4. The fraction of sp³-hybridized carbons (Fsp3) is 0.333. The first-order chi connectivity index (χ1) is 14.8. The highest BCUT2D eigenvalue weighted by atomic mass is 79.9. The molecule has 1 fully saturated rings. The number of rotatable bonds is 5. The quantitative estimate of drug-likeness (QED) is 0.483. The summed E-state index contributed by atoms with van der Waals surface area (Å²) in [5, 5.41) is 5.72. The van der Waals surface area contributed by atoms with Crippen molar-refractivity contribution in [3.63, 3.8) is 0 Å². The summed E-state index contributed by atoms with van der Waals surface area (Å²) in [4.78, 5) is 19.3. The highest BCUT2D eigenvalue weighted by Gasteiger charge is 2.30. The number of morpholine rings is 1. The fourth-order valence-corrected chi connectivity index (χ4v) is 3.33. The van der Waals surface area contributed by atoms with Crippen molar-refractivity contribution in [2.75, 3.05) is 44.7 Å². The predicted octanol–water partition coefficient (Wildman–Crippen LogP) is 4.00. The zero-order valence-corrected chi connectivity index (χ0v) is 18.2. The lowest BCUT2D eigenvalue weighted by Crippen LogP contribution is -2.39. The van der Waals surface area contributed by atoms with Crippen molar-refractivity contribution in [1.82, 2.24) is 10.2 Å². The van der Waals surface area contributed by atoms with Crippen LogP contribution in [0, 0.1) is 0 Å². The lowest BCUT2D eigenvalue weighted by Gasteiger charge is -2.25. The number of aliphatic imine (C=N–C) groups is 1. The molecule has 31 heavy (non-hydrogen) atoms. The number of nitrogens with one attached hydrogen (secondary N) is 2. The summed E-state index contributed by atoms with van der Waals surface area (Å²) < 4.78 is 44.4. The Kier molecular flexibility index (Phi) is 8.05. The van der Waals surface area contributed by atoms with Crippen molar-refractivity contribution in [2.45, 2.75) is 6.18 Å². The van der Waals surface area contributed by atoms with Crippen LogP contribution in [0.2, 0.25) is 0 Å². The minimum Gasteiger partial charge on any atom is -0.379 e. The van der Waals surface area contributed by atoms with Crippen molar-refractivity contribution < 1.29 is 22.7 Å².